The Balaban J connectivity index is 1.83. The molecule has 1 aromatic rings. The van der Waals surface area contributed by atoms with Crippen molar-refractivity contribution in [3.05, 3.63) is 0 Å². The van der Waals surface area contributed by atoms with E-state index in [0.717, 1.165) is 26.1 Å². The first-order chi connectivity index (χ1) is 9.22. The molecular formula is C12H20N6O. The van der Waals surface area contributed by atoms with Gasteiger partial charge in [0.2, 0.25) is 17.8 Å². The molecule has 3 rings (SSSR count). The van der Waals surface area contributed by atoms with Gasteiger partial charge in [0.25, 0.3) is 0 Å². The molecule has 0 radical (unpaired) electrons. The number of anilines is 3. The standard InChI is InChI=1S/C12H20N6O/c13-10-14-11(17-5-2-1-3-6-17)16-12(15-10)18-7-4-9(19)8-18/h9,19H,1-8H2,(H2,13,14,15,16). The summed E-state index contributed by atoms with van der Waals surface area (Å²) < 4.78 is 0. The molecule has 1 unspecified atom stereocenters. The van der Waals surface area contributed by atoms with Gasteiger partial charge in [-0.2, -0.15) is 15.0 Å². The molecule has 0 saturated carbocycles. The first-order valence-electron chi connectivity index (χ1n) is 6.92. The Kier molecular flexibility index (Phi) is 3.37. The zero-order valence-electron chi connectivity index (χ0n) is 11.0. The molecule has 2 fully saturated rings. The van der Waals surface area contributed by atoms with Gasteiger partial charge in [0.1, 0.15) is 0 Å². The smallest absolute Gasteiger partial charge is 0.232 e. The number of aromatic nitrogens is 3. The largest absolute Gasteiger partial charge is 0.391 e. The number of piperidine rings is 1. The summed E-state index contributed by atoms with van der Waals surface area (Å²) in [7, 11) is 0. The molecule has 2 aliphatic rings. The molecule has 3 N–H and O–H groups in total. The highest BCUT2D eigenvalue weighted by molar-refractivity contribution is 5.44. The van der Waals surface area contributed by atoms with Crippen LogP contribution in [0.1, 0.15) is 25.7 Å². The van der Waals surface area contributed by atoms with Crippen molar-refractivity contribution < 1.29 is 5.11 Å². The Morgan fingerprint density at radius 3 is 2.26 bits per heavy atom. The van der Waals surface area contributed by atoms with E-state index in [0.29, 0.717) is 18.4 Å². The van der Waals surface area contributed by atoms with Crippen molar-refractivity contribution >= 4 is 17.8 Å². The fourth-order valence-corrected chi connectivity index (χ4v) is 2.67. The minimum atomic E-state index is -0.295. The molecule has 1 atom stereocenters. The highest BCUT2D eigenvalue weighted by atomic mass is 16.3. The molecule has 0 aliphatic carbocycles. The maximum Gasteiger partial charge on any atom is 0.232 e. The molecule has 0 amide bonds. The van der Waals surface area contributed by atoms with Crippen molar-refractivity contribution in [2.75, 3.05) is 41.7 Å². The van der Waals surface area contributed by atoms with E-state index < -0.39 is 0 Å². The van der Waals surface area contributed by atoms with Gasteiger partial charge in [0.15, 0.2) is 0 Å². The van der Waals surface area contributed by atoms with Crippen molar-refractivity contribution in [1.29, 1.82) is 0 Å². The second-order valence-corrected chi connectivity index (χ2v) is 5.23. The minimum Gasteiger partial charge on any atom is -0.391 e. The van der Waals surface area contributed by atoms with E-state index in [1.165, 1.54) is 19.3 Å². The number of rotatable bonds is 2. The van der Waals surface area contributed by atoms with E-state index in [-0.39, 0.29) is 12.1 Å². The Bertz CT molecular complexity index is 425. The van der Waals surface area contributed by atoms with Crippen LogP contribution in [0.2, 0.25) is 0 Å². The number of β-amino-alcohol motifs (C(OH)–C–C–N with tert-alkyl or cyclic N) is 1. The summed E-state index contributed by atoms with van der Waals surface area (Å²) in [6.45, 7) is 3.30. The van der Waals surface area contributed by atoms with E-state index in [1.807, 2.05) is 4.90 Å². The molecule has 3 heterocycles. The fraction of sp³-hybridized carbons (Fsp3) is 0.750. The second-order valence-electron chi connectivity index (χ2n) is 5.23. The van der Waals surface area contributed by atoms with Crippen molar-refractivity contribution in [1.82, 2.24) is 15.0 Å². The van der Waals surface area contributed by atoms with E-state index in [1.54, 1.807) is 0 Å². The summed E-state index contributed by atoms with van der Waals surface area (Å²) in [5.41, 5.74) is 5.79. The summed E-state index contributed by atoms with van der Waals surface area (Å²) in [5, 5.41) is 9.59. The van der Waals surface area contributed by atoms with Crippen LogP contribution < -0.4 is 15.5 Å². The molecule has 7 heteroatoms. The van der Waals surface area contributed by atoms with Gasteiger partial charge in [0.05, 0.1) is 6.10 Å². The van der Waals surface area contributed by atoms with Crippen LogP contribution in [-0.4, -0.2) is 52.3 Å². The van der Waals surface area contributed by atoms with Crippen LogP contribution in [0.4, 0.5) is 17.8 Å². The van der Waals surface area contributed by atoms with E-state index in [4.69, 9.17) is 5.73 Å². The van der Waals surface area contributed by atoms with E-state index >= 15 is 0 Å². The fourth-order valence-electron chi connectivity index (χ4n) is 2.67. The number of hydrogen-bond acceptors (Lipinski definition) is 7. The zero-order valence-corrected chi connectivity index (χ0v) is 11.0. The van der Waals surface area contributed by atoms with Gasteiger partial charge in [0, 0.05) is 26.2 Å². The molecule has 0 bridgehead atoms. The first kappa shape index (κ1) is 12.4. The van der Waals surface area contributed by atoms with Crippen LogP contribution >= 0.6 is 0 Å². The normalized spacial score (nSPS) is 23.9. The first-order valence-corrected chi connectivity index (χ1v) is 6.92. The topological polar surface area (TPSA) is 91.4 Å². The van der Waals surface area contributed by atoms with Gasteiger partial charge in [-0.3, -0.25) is 0 Å². The van der Waals surface area contributed by atoms with Gasteiger partial charge in [-0.05, 0) is 25.7 Å². The summed E-state index contributed by atoms with van der Waals surface area (Å²) in [4.78, 5) is 17.1. The Hall–Kier alpha value is -1.63. The lowest BCUT2D eigenvalue weighted by Crippen LogP contribution is -2.32. The van der Waals surface area contributed by atoms with Crippen LogP contribution in [0, 0.1) is 0 Å². The molecule has 0 aromatic carbocycles. The lowest BCUT2D eigenvalue weighted by molar-refractivity contribution is 0.198. The van der Waals surface area contributed by atoms with Gasteiger partial charge in [-0.25, -0.2) is 0 Å². The number of aliphatic hydroxyl groups excluding tert-OH is 1. The van der Waals surface area contributed by atoms with Crippen LogP contribution in [0.25, 0.3) is 0 Å². The van der Waals surface area contributed by atoms with Crippen molar-refractivity contribution in [3.8, 4) is 0 Å². The summed E-state index contributed by atoms with van der Waals surface area (Å²) in [5.74, 6) is 1.51. The number of hydrogen-bond donors (Lipinski definition) is 2. The Labute approximate surface area is 112 Å². The van der Waals surface area contributed by atoms with Crippen molar-refractivity contribution in [2.24, 2.45) is 0 Å². The summed E-state index contributed by atoms with van der Waals surface area (Å²) in [6, 6.07) is 0. The number of nitrogens with two attached hydrogens (primary N) is 1. The average Bonchev–Trinajstić information content (AvgIpc) is 2.86. The highest BCUT2D eigenvalue weighted by Crippen LogP contribution is 2.21. The van der Waals surface area contributed by atoms with Crippen LogP contribution in [-0.2, 0) is 0 Å². The predicted octanol–water partition coefficient (Wildman–Crippen LogP) is 0.0151. The SMILES string of the molecule is Nc1nc(N2CCCCC2)nc(N2CCC(O)C2)n1. The zero-order chi connectivity index (χ0) is 13.2. The average molecular weight is 264 g/mol. The molecule has 104 valence electrons. The molecule has 1 aromatic heterocycles. The number of nitrogens with zero attached hydrogens (tertiary/aromatic N) is 5. The summed E-state index contributed by atoms with van der Waals surface area (Å²) in [6.07, 6.45) is 4.07. The van der Waals surface area contributed by atoms with Crippen molar-refractivity contribution in [3.63, 3.8) is 0 Å². The van der Waals surface area contributed by atoms with E-state index in [2.05, 4.69) is 19.9 Å². The third-order valence-electron chi connectivity index (χ3n) is 3.71. The van der Waals surface area contributed by atoms with Crippen LogP contribution in [0.3, 0.4) is 0 Å². The van der Waals surface area contributed by atoms with Gasteiger partial charge in [-0.15, -0.1) is 0 Å². The highest BCUT2D eigenvalue weighted by Gasteiger charge is 2.24. The lowest BCUT2D eigenvalue weighted by atomic mass is 10.1. The third kappa shape index (κ3) is 2.70. The third-order valence-corrected chi connectivity index (χ3v) is 3.71. The number of aliphatic hydroxyl groups is 1. The molecule has 19 heavy (non-hydrogen) atoms. The maximum absolute atomic E-state index is 9.59. The summed E-state index contributed by atoms with van der Waals surface area (Å²) >= 11 is 0. The minimum absolute atomic E-state index is 0.256. The maximum atomic E-state index is 9.59. The lowest BCUT2D eigenvalue weighted by Gasteiger charge is -2.27. The quantitative estimate of drug-likeness (QED) is 0.777. The molecular weight excluding hydrogens is 244 g/mol. The molecule has 2 saturated heterocycles. The molecule has 7 nitrogen and oxygen atoms in total. The Morgan fingerprint density at radius 1 is 0.947 bits per heavy atom. The van der Waals surface area contributed by atoms with Crippen LogP contribution in [0.5, 0.6) is 0 Å². The van der Waals surface area contributed by atoms with Gasteiger partial charge in [-0.1, -0.05) is 0 Å². The molecule has 0 spiro atoms. The molecule has 2 aliphatic heterocycles. The Morgan fingerprint density at radius 2 is 1.63 bits per heavy atom. The van der Waals surface area contributed by atoms with Crippen molar-refractivity contribution in [2.45, 2.75) is 31.8 Å². The predicted molar refractivity (Wildman–Crippen MR) is 73.1 cm³/mol. The van der Waals surface area contributed by atoms with Crippen LogP contribution in [0.15, 0.2) is 0 Å². The monoisotopic (exact) mass is 264 g/mol. The van der Waals surface area contributed by atoms with Gasteiger partial charge >= 0.3 is 0 Å². The second kappa shape index (κ2) is 5.16. The van der Waals surface area contributed by atoms with Gasteiger partial charge < -0.3 is 20.6 Å². The number of nitrogen functional groups attached to an aromatic ring is 1. The van der Waals surface area contributed by atoms with E-state index in [9.17, 15) is 5.11 Å².